The zero-order chi connectivity index (χ0) is 13.0. The number of thiophene rings is 1. The lowest BCUT2D eigenvalue weighted by Crippen LogP contribution is -2.22. The van der Waals surface area contributed by atoms with Crippen LogP contribution in [0.5, 0.6) is 0 Å². The standard InChI is InChI=1S/C14H17ClN2S/c1-3-17-12(7-11-5-4-6-16-8-11)14-13(15)10(2)9-18-14/h4-6,8-9,12,17H,3,7H2,1-2H3. The molecule has 4 heteroatoms. The lowest BCUT2D eigenvalue weighted by atomic mass is 10.1. The molecule has 96 valence electrons. The minimum atomic E-state index is 0.269. The van der Waals surface area contributed by atoms with Gasteiger partial charge in [-0.15, -0.1) is 11.3 Å². The van der Waals surface area contributed by atoms with Crippen LogP contribution in [0.4, 0.5) is 0 Å². The number of aromatic nitrogens is 1. The van der Waals surface area contributed by atoms with Gasteiger partial charge in [-0.2, -0.15) is 0 Å². The first-order valence-electron chi connectivity index (χ1n) is 6.08. The lowest BCUT2D eigenvalue weighted by molar-refractivity contribution is 0.557. The molecular weight excluding hydrogens is 264 g/mol. The summed E-state index contributed by atoms with van der Waals surface area (Å²) in [6.45, 7) is 5.10. The zero-order valence-electron chi connectivity index (χ0n) is 10.6. The number of likely N-dealkylation sites (N-methyl/N-ethyl adjacent to an activating group) is 1. The first-order chi connectivity index (χ1) is 8.72. The van der Waals surface area contributed by atoms with E-state index in [0.717, 1.165) is 23.6 Å². The Bertz CT molecular complexity index is 496. The second kappa shape index (κ2) is 6.32. The number of pyridine rings is 1. The average Bonchev–Trinajstić information content (AvgIpc) is 2.71. The molecule has 2 heterocycles. The van der Waals surface area contributed by atoms with E-state index >= 15 is 0 Å². The monoisotopic (exact) mass is 280 g/mol. The Kier molecular flexibility index (Phi) is 4.75. The van der Waals surface area contributed by atoms with Gasteiger partial charge in [-0.05, 0) is 42.5 Å². The van der Waals surface area contributed by atoms with Gasteiger partial charge in [0.25, 0.3) is 0 Å². The Balaban J connectivity index is 2.21. The fraction of sp³-hybridized carbons (Fsp3) is 0.357. The molecule has 0 aliphatic rings. The molecule has 2 rings (SSSR count). The highest BCUT2D eigenvalue weighted by Crippen LogP contribution is 2.33. The summed E-state index contributed by atoms with van der Waals surface area (Å²) in [5.74, 6) is 0. The Morgan fingerprint density at radius 3 is 2.89 bits per heavy atom. The van der Waals surface area contributed by atoms with Gasteiger partial charge in [0.05, 0.1) is 5.02 Å². The van der Waals surface area contributed by atoms with E-state index in [9.17, 15) is 0 Å². The van der Waals surface area contributed by atoms with Crippen molar-refractivity contribution in [2.45, 2.75) is 26.3 Å². The van der Waals surface area contributed by atoms with Gasteiger partial charge in [-0.3, -0.25) is 4.98 Å². The van der Waals surface area contributed by atoms with Crippen LogP contribution < -0.4 is 5.32 Å². The third-order valence-corrected chi connectivity index (χ3v) is 4.68. The van der Waals surface area contributed by atoms with Gasteiger partial charge < -0.3 is 5.32 Å². The summed E-state index contributed by atoms with van der Waals surface area (Å²) >= 11 is 8.09. The van der Waals surface area contributed by atoms with Gasteiger partial charge in [0.15, 0.2) is 0 Å². The summed E-state index contributed by atoms with van der Waals surface area (Å²) in [5.41, 5.74) is 2.39. The number of hydrogen-bond donors (Lipinski definition) is 1. The molecule has 0 saturated heterocycles. The lowest BCUT2D eigenvalue weighted by Gasteiger charge is -2.17. The third-order valence-electron chi connectivity index (χ3n) is 2.85. The first kappa shape index (κ1) is 13.5. The van der Waals surface area contributed by atoms with Gasteiger partial charge in [0.1, 0.15) is 0 Å². The number of nitrogens with zero attached hydrogens (tertiary/aromatic N) is 1. The maximum Gasteiger partial charge on any atom is 0.0590 e. The van der Waals surface area contributed by atoms with Crippen molar-refractivity contribution in [3.05, 3.63) is 50.9 Å². The van der Waals surface area contributed by atoms with Gasteiger partial charge in [-0.25, -0.2) is 0 Å². The maximum atomic E-state index is 6.36. The van der Waals surface area contributed by atoms with Crippen LogP contribution >= 0.6 is 22.9 Å². The highest BCUT2D eigenvalue weighted by Gasteiger charge is 2.17. The van der Waals surface area contributed by atoms with Crippen LogP contribution in [0.15, 0.2) is 29.9 Å². The first-order valence-corrected chi connectivity index (χ1v) is 7.34. The maximum absolute atomic E-state index is 6.36. The Labute approximate surface area is 117 Å². The smallest absolute Gasteiger partial charge is 0.0590 e. The van der Waals surface area contributed by atoms with Crippen molar-refractivity contribution >= 4 is 22.9 Å². The molecule has 2 nitrogen and oxygen atoms in total. The van der Waals surface area contributed by atoms with E-state index in [1.54, 1.807) is 17.5 Å². The van der Waals surface area contributed by atoms with Crippen molar-refractivity contribution in [3.8, 4) is 0 Å². The van der Waals surface area contributed by atoms with Crippen molar-refractivity contribution in [1.82, 2.24) is 10.3 Å². The number of halogens is 1. The Morgan fingerprint density at radius 2 is 2.33 bits per heavy atom. The molecule has 0 aliphatic carbocycles. The van der Waals surface area contributed by atoms with Crippen LogP contribution in [0.25, 0.3) is 0 Å². The minimum Gasteiger partial charge on any atom is -0.309 e. The summed E-state index contributed by atoms with van der Waals surface area (Å²) in [5, 5.41) is 6.51. The average molecular weight is 281 g/mol. The summed E-state index contributed by atoms with van der Waals surface area (Å²) in [6, 6.07) is 4.34. The quantitative estimate of drug-likeness (QED) is 0.895. The highest BCUT2D eigenvalue weighted by atomic mass is 35.5. The van der Waals surface area contributed by atoms with E-state index < -0.39 is 0 Å². The molecule has 1 N–H and O–H groups in total. The molecule has 2 aromatic heterocycles. The van der Waals surface area contributed by atoms with Crippen LogP contribution in [0.3, 0.4) is 0 Å². The van der Waals surface area contributed by atoms with Gasteiger partial charge >= 0.3 is 0 Å². The van der Waals surface area contributed by atoms with E-state index in [-0.39, 0.29) is 6.04 Å². The second-order valence-corrected chi connectivity index (χ2v) is 5.56. The molecule has 1 unspecified atom stereocenters. The van der Waals surface area contributed by atoms with Gasteiger partial charge in [0, 0.05) is 23.3 Å². The van der Waals surface area contributed by atoms with Crippen LogP contribution in [-0.4, -0.2) is 11.5 Å². The number of rotatable bonds is 5. The molecule has 0 radical (unpaired) electrons. The molecular formula is C14H17ClN2S. The number of nitrogens with one attached hydrogen (secondary N) is 1. The van der Waals surface area contributed by atoms with E-state index in [1.807, 2.05) is 12.3 Å². The molecule has 18 heavy (non-hydrogen) atoms. The van der Waals surface area contributed by atoms with E-state index in [2.05, 4.69) is 35.6 Å². The topological polar surface area (TPSA) is 24.9 Å². The van der Waals surface area contributed by atoms with Crippen molar-refractivity contribution < 1.29 is 0 Å². The normalized spacial score (nSPS) is 12.6. The predicted octanol–water partition coefficient (Wildman–Crippen LogP) is 4.00. The SMILES string of the molecule is CCNC(Cc1cccnc1)c1scc(C)c1Cl. The van der Waals surface area contributed by atoms with Crippen molar-refractivity contribution in [2.24, 2.45) is 0 Å². The molecule has 2 aromatic rings. The highest BCUT2D eigenvalue weighted by molar-refractivity contribution is 7.10. The largest absolute Gasteiger partial charge is 0.309 e. The van der Waals surface area contributed by atoms with Gasteiger partial charge in [-0.1, -0.05) is 24.6 Å². The van der Waals surface area contributed by atoms with E-state index in [4.69, 9.17) is 11.6 Å². The third kappa shape index (κ3) is 3.10. The molecule has 0 spiro atoms. The van der Waals surface area contributed by atoms with Crippen molar-refractivity contribution in [3.63, 3.8) is 0 Å². The van der Waals surface area contributed by atoms with Crippen LogP contribution in [-0.2, 0) is 6.42 Å². The van der Waals surface area contributed by atoms with Crippen molar-refractivity contribution in [2.75, 3.05) is 6.54 Å². The van der Waals surface area contributed by atoms with Gasteiger partial charge in [0.2, 0.25) is 0 Å². The summed E-state index contributed by atoms with van der Waals surface area (Å²) in [6.07, 6.45) is 4.63. The number of aryl methyl sites for hydroxylation is 1. The van der Waals surface area contributed by atoms with E-state index in [1.165, 1.54) is 10.4 Å². The molecule has 0 bridgehead atoms. The van der Waals surface area contributed by atoms with Crippen LogP contribution in [0.2, 0.25) is 5.02 Å². The summed E-state index contributed by atoms with van der Waals surface area (Å²) < 4.78 is 0. The number of hydrogen-bond acceptors (Lipinski definition) is 3. The predicted molar refractivity (Wildman–Crippen MR) is 78.4 cm³/mol. The second-order valence-electron chi connectivity index (χ2n) is 4.27. The molecule has 0 aromatic carbocycles. The molecule has 0 fully saturated rings. The Morgan fingerprint density at radius 1 is 1.50 bits per heavy atom. The summed E-state index contributed by atoms with van der Waals surface area (Å²) in [4.78, 5) is 5.38. The summed E-state index contributed by atoms with van der Waals surface area (Å²) in [7, 11) is 0. The molecule has 0 saturated carbocycles. The minimum absolute atomic E-state index is 0.269. The Hall–Kier alpha value is -0.900. The van der Waals surface area contributed by atoms with Crippen molar-refractivity contribution in [1.29, 1.82) is 0 Å². The van der Waals surface area contributed by atoms with E-state index in [0.29, 0.717) is 0 Å². The molecule has 0 amide bonds. The van der Waals surface area contributed by atoms with Crippen LogP contribution in [0.1, 0.15) is 29.0 Å². The van der Waals surface area contributed by atoms with Crippen LogP contribution in [0, 0.1) is 6.92 Å². The zero-order valence-corrected chi connectivity index (χ0v) is 12.2. The molecule has 0 aliphatic heterocycles. The fourth-order valence-electron chi connectivity index (χ4n) is 1.94. The fourth-order valence-corrected chi connectivity index (χ4v) is 3.34. The molecule has 1 atom stereocenters.